The zero-order valence-electron chi connectivity index (χ0n) is 28.8. The first-order chi connectivity index (χ1) is 25.1. The first-order valence-corrected chi connectivity index (χ1v) is 18.8. The van der Waals surface area contributed by atoms with Gasteiger partial charge in [0.1, 0.15) is 11.5 Å². The second-order valence-corrected chi connectivity index (χ2v) is 14.6. The summed E-state index contributed by atoms with van der Waals surface area (Å²) in [5.74, 6) is -0.0840. The van der Waals surface area contributed by atoms with E-state index in [9.17, 15) is 19.2 Å². The monoisotopic (exact) mass is 758 g/mol. The normalized spacial score (nSPS) is 16.2. The van der Waals surface area contributed by atoms with Gasteiger partial charge in [-0.3, -0.25) is 14.4 Å². The summed E-state index contributed by atoms with van der Waals surface area (Å²) in [6.07, 6.45) is -0.514. The van der Waals surface area contributed by atoms with Crippen molar-refractivity contribution < 1.29 is 28.7 Å². The number of esters is 1. The lowest BCUT2D eigenvalue weighted by Crippen LogP contribution is -2.34. The van der Waals surface area contributed by atoms with Gasteiger partial charge in [0.2, 0.25) is 0 Å². The van der Waals surface area contributed by atoms with Crippen LogP contribution in [0.2, 0.25) is 0 Å². The van der Waals surface area contributed by atoms with Crippen LogP contribution in [-0.4, -0.2) is 80.8 Å². The van der Waals surface area contributed by atoms with Crippen molar-refractivity contribution in [3.8, 4) is 11.5 Å². The second kappa shape index (κ2) is 14.7. The number of benzene rings is 4. The number of nitrogens with one attached hydrogen (secondary N) is 1. The first kappa shape index (κ1) is 35.7. The molecule has 268 valence electrons. The quantitative estimate of drug-likeness (QED) is 0.0938. The van der Waals surface area contributed by atoms with Gasteiger partial charge in [-0.05, 0) is 41.1 Å². The van der Waals surface area contributed by atoms with E-state index in [-0.39, 0.29) is 35.4 Å². The third-order valence-corrected chi connectivity index (χ3v) is 11.4. The SMILES string of the molecule is CNCCN(C)C(=O)Oc1cc2c(c3ccccc13)[C@H](CCl)CN2C(=O)c1ccc(C(=O)N2C[C@@H](CCl)c3c2cc(OC(C)=O)c2ccccc32)s1. The maximum Gasteiger partial charge on any atom is 0.415 e. The van der Waals surface area contributed by atoms with Crippen LogP contribution < -0.4 is 24.6 Å². The average molecular weight is 760 g/mol. The summed E-state index contributed by atoms with van der Waals surface area (Å²) in [7, 11) is 3.48. The van der Waals surface area contributed by atoms with Crippen LogP contribution >= 0.6 is 34.5 Å². The van der Waals surface area contributed by atoms with Crippen molar-refractivity contribution in [3.63, 3.8) is 0 Å². The van der Waals surface area contributed by atoms with Crippen molar-refractivity contribution in [1.82, 2.24) is 10.2 Å². The molecule has 10 nitrogen and oxygen atoms in total. The van der Waals surface area contributed by atoms with Crippen molar-refractivity contribution in [3.05, 3.63) is 93.7 Å². The molecule has 0 fully saturated rings. The number of ether oxygens (including phenoxy) is 2. The van der Waals surface area contributed by atoms with Crippen LogP contribution in [-0.2, 0) is 4.79 Å². The number of likely N-dealkylation sites (N-methyl/N-ethyl adjacent to an activating group) is 2. The lowest BCUT2D eigenvalue weighted by atomic mass is 9.95. The number of rotatable bonds is 9. The van der Waals surface area contributed by atoms with Gasteiger partial charge in [-0.25, -0.2) is 4.79 Å². The zero-order chi connectivity index (χ0) is 36.7. The van der Waals surface area contributed by atoms with Gasteiger partial charge in [-0.15, -0.1) is 34.5 Å². The third-order valence-electron chi connectivity index (χ3n) is 9.61. The number of hydrogen-bond acceptors (Lipinski definition) is 8. The van der Waals surface area contributed by atoms with Crippen LogP contribution in [0.3, 0.4) is 0 Å². The highest BCUT2D eigenvalue weighted by Crippen LogP contribution is 2.48. The van der Waals surface area contributed by atoms with Gasteiger partial charge < -0.3 is 29.5 Å². The molecule has 0 saturated heterocycles. The van der Waals surface area contributed by atoms with E-state index in [2.05, 4.69) is 5.32 Å². The maximum absolute atomic E-state index is 14.3. The maximum atomic E-state index is 14.3. The highest BCUT2D eigenvalue weighted by molar-refractivity contribution is 7.16. The van der Waals surface area contributed by atoms with E-state index in [0.29, 0.717) is 58.8 Å². The predicted octanol–water partition coefficient (Wildman–Crippen LogP) is 7.60. The van der Waals surface area contributed by atoms with E-state index in [1.54, 1.807) is 41.1 Å². The minimum atomic E-state index is -0.514. The summed E-state index contributed by atoms with van der Waals surface area (Å²) in [6.45, 7) is 3.06. The van der Waals surface area contributed by atoms with Gasteiger partial charge in [0.15, 0.2) is 0 Å². The Balaban J connectivity index is 1.21. The smallest absolute Gasteiger partial charge is 0.415 e. The molecule has 0 aliphatic carbocycles. The predicted molar refractivity (Wildman–Crippen MR) is 206 cm³/mol. The van der Waals surface area contributed by atoms with Crippen LogP contribution in [0.25, 0.3) is 21.5 Å². The fourth-order valence-electron chi connectivity index (χ4n) is 7.16. The molecule has 1 aromatic heterocycles. The fraction of sp³-hybridized carbons (Fsp3) is 0.282. The molecule has 2 atom stereocenters. The van der Waals surface area contributed by atoms with Crippen LogP contribution in [0.4, 0.5) is 16.2 Å². The first-order valence-electron chi connectivity index (χ1n) is 16.9. The number of fused-ring (bicyclic) bond motifs is 6. The Bertz CT molecular complexity index is 2240. The van der Waals surface area contributed by atoms with Crippen LogP contribution in [0.5, 0.6) is 11.5 Å². The molecular weight excluding hydrogens is 723 g/mol. The molecule has 3 heterocycles. The number of anilines is 2. The lowest BCUT2D eigenvalue weighted by molar-refractivity contribution is -0.131. The standard InChI is InChI=1S/C39H36Cl2N4O6S/c1-22(46)50-31-16-29-35(27-10-6-4-8-25(27)31)23(18-40)20-44(29)37(47)33-12-13-34(52-33)38(48)45-21-24(19-41)36-28-11-7-5-9-26(28)32(17-30(36)45)51-39(49)43(3)15-14-42-2/h4-13,16-17,23-24,42H,14-15,18-21H2,1-3H3/t23-,24-/m1/s1. The van der Waals surface area contributed by atoms with Gasteiger partial charge in [-0.1, -0.05) is 48.5 Å². The van der Waals surface area contributed by atoms with Crippen molar-refractivity contribution in [2.24, 2.45) is 0 Å². The molecule has 0 saturated carbocycles. The third kappa shape index (κ3) is 6.36. The highest BCUT2D eigenvalue weighted by atomic mass is 35.5. The Morgan fingerprint density at radius 3 is 1.67 bits per heavy atom. The molecule has 2 aliphatic heterocycles. The number of carbonyl (C=O) groups is 4. The Morgan fingerprint density at radius 1 is 0.769 bits per heavy atom. The summed E-state index contributed by atoms with van der Waals surface area (Å²) in [5.41, 5.74) is 3.06. The van der Waals surface area contributed by atoms with E-state index < -0.39 is 12.1 Å². The molecule has 0 unspecified atom stereocenters. The topological polar surface area (TPSA) is 108 Å². The number of hydrogen-bond donors (Lipinski definition) is 1. The minimum Gasteiger partial charge on any atom is -0.426 e. The Labute approximate surface area is 314 Å². The Morgan fingerprint density at radius 2 is 1.23 bits per heavy atom. The summed E-state index contributed by atoms with van der Waals surface area (Å²) in [5, 5.41) is 6.25. The number of halogens is 2. The molecule has 3 amide bonds. The Hall–Kier alpha value is -4.68. The molecule has 0 radical (unpaired) electrons. The summed E-state index contributed by atoms with van der Waals surface area (Å²) in [4.78, 5) is 59.1. The summed E-state index contributed by atoms with van der Waals surface area (Å²) < 4.78 is 11.5. The molecular formula is C39H36Cl2N4O6S. The van der Waals surface area contributed by atoms with Crippen molar-refractivity contribution >= 4 is 91.3 Å². The molecule has 5 aromatic rings. The molecule has 2 aliphatic rings. The van der Waals surface area contributed by atoms with Gasteiger partial charge in [0, 0.05) is 86.7 Å². The van der Waals surface area contributed by atoms with Crippen molar-refractivity contribution in [1.29, 1.82) is 0 Å². The molecule has 7 rings (SSSR count). The highest BCUT2D eigenvalue weighted by Gasteiger charge is 2.38. The van der Waals surface area contributed by atoms with E-state index in [0.717, 1.165) is 44.0 Å². The van der Waals surface area contributed by atoms with Crippen molar-refractivity contribution in [2.45, 2.75) is 18.8 Å². The van der Waals surface area contributed by atoms with E-state index in [1.165, 1.54) is 11.8 Å². The molecule has 4 aromatic carbocycles. The largest absolute Gasteiger partial charge is 0.426 e. The Kier molecular flexibility index (Phi) is 10.1. The molecule has 0 spiro atoms. The summed E-state index contributed by atoms with van der Waals surface area (Å²) >= 11 is 14.1. The average Bonchev–Trinajstić information content (AvgIpc) is 3.89. The van der Waals surface area contributed by atoms with E-state index >= 15 is 0 Å². The van der Waals surface area contributed by atoms with E-state index in [1.807, 2.05) is 55.6 Å². The van der Waals surface area contributed by atoms with Gasteiger partial charge in [0.25, 0.3) is 11.8 Å². The number of amides is 3. The van der Waals surface area contributed by atoms with Gasteiger partial charge in [-0.2, -0.15) is 0 Å². The fourth-order valence-corrected chi connectivity index (χ4v) is 8.57. The van der Waals surface area contributed by atoms with Gasteiger partial charge in [0.05, 0.1) is 21.1 Å². The van der Waals surface area contributed by atoms with Crippen molar-refractivity contribution in [2.75, 3.05) is 61.8 Å². The van der Waals surface area contributed by atoms with E-state index in [4.69, 9.17) is 32.7 Å². The molecule has 13 heteroatoms. The van der Waals surface area contributed by atoms with Gasteiger partial charge >= 0.3 is 12.1 Å². The molecule has 52 heavy (non-hydrogen) atoms. The molecule has 0 bridgehead atoms. The number of alkyl halides is 2. The van der Waals surface area contributed by atoms with Crippen LogP contribution in [0.1, 0.15) is 49.2 Å². The van der Waals surface area contributed by atoms with Crippen LogP contribution in [0, 0.1) is 0 Å². The van der Waals surface area contributed by atoms with Crippen LogP contribution in [0.15, 0.2) is 72.8 Å². The number of carbonyl (C=O) groups excluding carboxylic acids is 4. The molecule has 1 N–H and O–H groups in total. The second-order valence-electron chi connectivity index (χ2n) is 12.9. The zero-order valence-corrected chi connectivity index (χ0v) is 31.1. The lowest BCUT2D eigenvalue weighted by Gasteiger charge is -2.20. The summed E-state index contributed by atoms with van der Waals surface area (Å²) in [6, 6.07) is 22.0. The number of thiophene rings is 1. The minimum absolute atomic E-state index is 0.146. The number of nitrogens with zero attached hydrogens (tertiary/aromatic N) is 3.